The Balaban J connectivity index is 1.56. The van der Waals surface area contributed by atoms with Gasteiger partial charge >= 0.3 is 0 Å². The third kappa shape index (κ3) is 4.86. The molecule has 1 aromatic carbocycles. The first kappa shape index (κ1) is 24.3. The van der Waals surface area contributed by atoms with Crippen LogP contribution in [-0.4, -0.2) is 40.6 Å². The molecule has 1 aliphatic rings. The number of nitrogens with two attached hydrogens (primary N) is 1. The fourth-order valence-corrected chi connectivity index (χ4v) is 4.84. The van der Waals surface area contributed by atoms with Crippen molar-refractivity contribution in [3.05, 3.63) is 71.6 Å². The lowest BCUT2D eigenvalue weighted by atomic mass is 10.0. The maximum absolute atomic E-state index is 13.8. The summed E-state index contributed by atoms with van der Waals surface area (Å²) in [6.45, 7) is 5.66. The van der Waals surface area contributed by atoms with Gasteiger partial charge in [-0.3, -0.25) is 9.98 Å². The first-order chi connectivity index (χ1) is 18.0. The number of aliphatic imine (C=N–C) groups is 1. The highest BCUT2D eigenvalue weighted by Crippen LogP contribution is 2.31. The predicted molar refractivity (Wildman–Crippen MR) is 139 cm³/mol. The molecule has 1 fully saturated rings. The van der Waals surface area contributed by atoms with E-state index in [1.165, 1.54) is 12.1 Å². The molecule has 0 radical (unpaired) electrons. The number of aromatic amines is 1. The average Bonchev–Trinajstić information content (AvgIpc) is 3.32. The minimum Gasteiger partial charge on any atom is -0.479 e. The number of benzene rings is 1. The quantitative estimate of drug-likeness (QED) is 0.162. The number of H-pyrrole nitrogens is 1. The highest BCUT2D eigenvalue weighted by molar-refractivity contribution is 6.47. The number of piperidine rings is 1. The van der Waals surface area contributed by atoms with Gasteiger partial charge in [0, 0.05) is 29.4 Å². The van der Waals surface area contributed by atoms with E-state index in [1.54, 1.807) is 29.2 Å². The second-order valence-corrected chi connectivity index (χ2v) is 9.14. The molecular weight excluding hydrogens is 471 g/mol. The molecule has 1 saturated heterocycles. The lowest BCUT2D eigenvalue weighted by Crippen LogP contribution is -2.31. The van der Waals surface area contributed by atoms with Crippen LogP contribution < -0.4 is 20.4 Å². The fraction of sp³-hybridized carbons (Fsp3) is 0.296. The molecule has 9 nitrogen and oxygen atoms in total. The number of ether oxygens (including phenoxy) is 1. The molecular formula is C27H28FN8O+. The van der Waals surface area contributed by atoms with Gasteiger partial charge < -0.3 is 15.9 Å². The molecule has 4 heterocycles. The van der Waals surface area contributed by atoms with Crippen molar-refractivity contribution in [2.24, 2.45) is 15.9 Å². The van der Waals surface area contributed by atoms with Crippen LogP contribution in [0.2, 0.25) is 0 Å². The van der Waals surface area contributed by atoms with Crippen LogP contribution in [0.4, 0.5) is 4.39 Å². The number of hydrogen-bond acceptors (Lipinski definition) is 7. The Hall–Kier alpha value is -4.36. The van der Waals surface area contributed by atoms with E-state index in [2.05, 4.69) is 26.6 Å². The Labute approximate surface area is 213 Å². The van der Waals surface area contributed by atoms with E-state index in [0.29, 0.717) is 33.5 Å². The van der Waals surface area contributed by atoms with Crippen LogP contribution in [-0.2, 0) is 0 Å². The van der Waals surface area contributed by atoms with Gasteiger partial charge in [0.2, 0.25) is 6.20 Å². The zero-order valence-corrected chi connectivity index (χ0v) is 20.7. The second kappa shape index (κ2) is 10.3. The van der Waals surface area contributed by atoms with Crippen LogP contribution in [0.3, 0.4) is 0 Å². The molecule has 1 unspecified atom stereocenters. The smallest absolute Gasteiger partial charge is 0.296 e. The molecule has 10 heteroatoms. The van der Waals surface area contributed by atoms with Gasteiger partial charge in [0.15, 0.2) is 11.3 Å². The number of halogens is 1. The first-order valence-electron chi connectivity index (χ1n) is 12.2. The van der Waals surface area contributed by atoms with Crippen molar-refractivity contribution in [2.45, 2.75) is 38.8 Å². The Kier molecular flexibility index (Phi) is 6.79. The van der Waals surface area contributed by atoms with E-state index in [-0.39, 0.29) is 11.9 Å². The summed E-state index contributed by atoms with van der Waals surface area (Å²) in [5, 5.41) is 21.7. The molecule has 0 amide bonds. The Bertz CT molecular complexity index is 1560. The van der Waals surface area contributed by atoms with E-state index >= 15 is 0 Å². The van der Waals surface area contributed by atoms with Crippen LogP contribution in [0.25, 0.3) is 16.3 Å². The Morgan fingerprint density at radius 2 is 2.11 bits per heavy atom. The minimum atomic E-state index is -0.454. The largest absolute Gasteiger partial charge is 0.479 e. The van der Waals surface area contributed by atoms with Crippen LogP contribution in [0.5, 0.6) is 5.75 Å². The number of nitrogens with one attached hydrogen (secondary N) is 2. The van der Waals surface area contributed by atoms with E-state index in [0.717, 1.165) is 42.6 Å². The lowest BCUT2D eigenvalue weighted by Gasteiger charge is -2.20. The van der Waals surface area contributed by atoms with Crippen molar-refractivity contribution >= 4 is 27.7 Å². The molecule has 1 aliphatic heterocycles. The van der Waals surface area contributed by atoms with Crippen LogP contribution in [0, 0.1) is 17.1 Å². The Morgan fingerprint density at radius 3 is 2.86 bits per heavy atom. The third-order valence-electron chi connectivity index (χ3n) is 6.68. The summed E-state index contributed by atoms with van der Waals surface area (Å²) in [6.07, 6.45) is 8.24. The molecule has 4 N–H and O–H groups in total. The van der Waals surface area contributed by atoms with Gasteiger partial charge in [-0.15, -0.1) is 0 Å². The number of nitrogens with zero attached hydrogens (tertiary/aromatic N) is 5. The number of hydrogen-bond donors (Lipinski definition) is 3. The van der Waals surface area contributed by atoms with E-state index in [1.807, 2.05) is 26.1 Å². The lowest BCUT2D eigenvalue weighted by molar-refractivity contribution is -0.577. The highest BCUT2D eigenvalue weighted by atomic mass is 19.1. The summed E-state index contributed by atoms with van der Waals surface area (Å²) in [6, 6.07) is 8.83. The normalized spacial score (nSPS) is 16.2. The van der Waals surface area contributed by atoms with Crippen LogP contribution >= 0.6 is 0 Å². The number of nitriles is 1. The number of pyridine rings is 2. The van der Waals surface area contributed by atoms with Crippen LogP contribution in [0.1, 0.15) is 49.5 Å². The summed E-state index contributed by atoms with van der Waals surface area (Å²) < 4.78 is 21.9. The molecule has 188 valence electrons. The summed E-state index contributed by atoms with van der Waals surface area (Å²) in [5.74, 6) is 5.99. The maximum Gasteiger partial charge on any atom is 0.296 e. The number of hydrazone groups is 1. The zero-order chi connectivity index (χ0) is 25.9. The molecule has 0 spiro atoms. The molecule has 0 bridgehead atoms. The van der Waals surface area contributed by atoms with E-state index in [4.69, 9.17) is 15.6 Å². The van der Waals surface area contributed by atoms with E-state index in [9.17, 15) is 9.65 Å². The van der Waals surface area contributed by atoms with Gasteiger partial charge in [-0.1, -0.05) is 10.6 Å². The zero-order valence-electron chi connectivity index (χ0n) is 20.7. The van der Waals surface area contributed by atoms with Gasteiger partial charge in [-0.05, 0) is 57.3 Å². The summed E-state index contributed by atoms with van der Waals surface area (Å²) in [4.78, 5) is 9.15. The summed E-state index contributed by atoms with van der Waals surface area (Å²) >= 11 is 0. The minimum absolute atomic E-state index is 0.213. The first-order valence-corrected chi connectivity index (χ1v) is 12.2. The number of aromatic nitrogens is 3. The molecule has 1 atom stereocenters. The molecule has 5 rings (SSSR count). The summed E-state index contributed by atoms with van der Waals surface area (Å²) in [7, 11) is 0. The van der Waals surface area contributed by atoms with Gasteiger partial charge in [0.1, 0.15) is 23.7 Å². The third-order valence-corrected chi connectivity index (χ3v) is 6.68. The highest BCUT2D eigenvalue weighted by Gasteiger charge is 2.25. The summed E-state index contributed by atoms with van der Waals surface area (Å²) in [5.41, 5.74) is 3.79. The van der Waals surface area contributed by atoms with E-state index < -0.39 is 6.10 Å². The van der Waals surface area contributed by atoms with Crippen molar-refractivity contribution in [3.63, 3.8) is 0 Å². The van der Waals surface area contributed by atoms with Crippen molar-refractivity contribution in [2.75, 3.05) is 13.1 Å². The SMILES string of the molecule is CC(=NC1CCNCC1)/C(=N\N)c1cc(OC(C)c2cncc3cc(F)ccc23)c2c(C#N)c[nH][n+]2c1. The van der Waals surface area contributed by atoms with Gasteiger partial charge in [-0.2, -0.15) is 15.5 Å². The van der Waals surface area contributed by atoms with Gasteiger partial charge in [0.25, 0.3) is 5.52 Å². The molecule has 37 heavy (non-hydrogen) atoms. The topological polar surface area (TPSA) is 129 Å². The predicted octanol–water partition coefficient (Wildman–Crippen LogP) is 3.33. The maximum atomic E-state index is 13.8. The second-order valence-electron chi connectivity index (χ2n) is 9.14. The Morgan fingerprint density at radius 1 is 1.30 bits per heavy atom. The van der Waals surface area contributed by atoms with Crippen molar-refractivity contribution in [1.82, 2.24) is 15.4 Å². The van der Waals surface area contributed by atoms with Crippen molar-refractivity contribution in [3.8, 4) is 11.8 Å². The molecule has 0 aliphatic carbocycles. The average molecular weight is 500 g/mol. The van der Waals surface area contributed by atoms with Crippen LogP contribution in [0.15, 0.2) is 59.1 Å². The standard InChI is InChI=1S/C27H27FN8O/c1-16(34-22-5-7-31-8-6-22)26(35-30)19-10-25(27-20(11-29)13-33-36(27)15-19)37-17(2)24-14-32-12-18-9-21(28)3-4-23(18)24/h3-4,9-10,12-15,17,22,31H,5-8H2,1-2H3,(H2,30,34)/p+1. The molecule has 4 aromatic rings. The van der Waals surface area contributed by atoms with Gasteiger partial charge in [0.05, 0.1) is 23.5 Å². The van der Waals surface area contributed by atoms with Crippen molar-refractivity contribution in [1.29, 1.82) is 5.26 Å². The monoisotopic (exact) mass is 499 g/mol. The van der Waals surface area contributed by atoms with Gasteiger partial charge in [-0.25, -0.2) is 4.39 Å². The fourth-order valence-electron chi connectivity index (χ4n) is 4.84. The molecule has 3 aromatic heterocycles. The number of fused-ring (bicyclic) bond motifs is 2. The number of rotatable bonds is 6. The molecule has 0 saturated carbocycles. The van der Waals surface area contributed by atoms with Crippen molar-refractivity contribution < 1.29 is 13.6 Å².